The van der Waals surface area contributed by atoms with Gasteiger partial charge in [-0.1, -0.05) is 39.0 Å². The van der Waals surface area contributed by atoms with Crippen molar-refractivity contribution in [2.45, 2.75) is 57.9 Å². The van der Waals surface area contributed by atoms with E-state index in [0.29, 0.717) is 6.42 Å². The molecule has 0 aromatic rings. The topological polar surface area (TPSA) is 78.5 Å². The first-order chi connectivity index (χ1) is 9.44. The zero-order valence-electron chi connectivity index (χ0n) is 12.6. The molecule has 1 fully saturated rings. The fraction of sp³-hybridized carbons (Fsp3) is 0.786. The summed E-state index contributed by atoms with van der Waals surface area (Å²) in [5.41, 5.74) is -0.864. The van der Waals surface area contributed by atoms with E-state index >= 15 is 0 Å². The van der Waals surface area contributed by atoms with E-state index in [1.165, 1.54) is 19.9 Å². The van der Waals surface area contributed by atoms with Crippen LogP contribution in [0.5, 0.6) is 0 Å². The Bertz CT molecular complexity index is 384. The van der Waals surface area contributed by atoms with Gasteiger partial charge in [-0.25, -0.2) is 4.79 Å². The summed E-state index contributed by atoms with van der Waals surface area (Å²) in [6, 6.07) is -0.477. The van der Waals surface area contributed by atoms with Gasteiger partial charge in [-0.2, -0.15) is 0 Å². The van der Waals surface area contributed by atoms with Crippen molar-refractivity contribution in [3.63, 3.8) is 0 Å². The van der Waals surface area contributed by atoms with Gasteiger partial charge in [0, 0.05) is 7.05 Å². The van der Waals surface area contributed by atoms with Gasteiger partial charge in [-0.15, -0.1) is 0 Å². The minimum atomic E-state index is -0.864. The van der Waals surface area contributed by atoms with Crippen molar-refractivity contribution in [2.24, 2.45) is 0 Å². The van der Waals surface area contributed by atoms with E-state index in [-0.39, 0.29) is 18.4 Å². The number of nitrogens with one attached hydrogen (secondary N) is 2. The highest BCUT2D eigenvalue weighted by Crippen LogP contribution is 2.23. The number of likely N-dealkylation sites (N-methyl/N-ethyl adjacent to an activating group) is 1. The maximum absolute atomic E-state index is 12.3. The molecule has 1 aliphatic rings. The Morgan fingerprint density at radius 3 is 2.50 bits per heavy atom. The Labute approximate surface area is 120 Å². The second-order valence-corrected chi connectivity index (χ2v) is 5.49. The fourth-order valence-corrected chi connectivity index (χ4v) is 2.36. The Balaban J connectivity index is 2.52. The van der Waals surface area contributed by atoms with Crippen molar-refractivity contribution < 1.29 is 14.4 Å². The fourth-order valence-electron chi connectivity index (χ4n) is 2.36. The molecule has 0 bridgehead atoms. The Morgan fingerprint density at radius 2 is 1.90 bits per heavy atom. The van der Waals surface area contributed by atoms with E-state index in [2.05, 4.69) is 17.6 Å². The van der Waals surface area contributed by atoms with Crippen LogP contribution < -0.4 is 10.6 Å². The number of unbranched alkanes of at least 4 members (excludes halogenated alkanes) is 4. The van der Waals surface area contributed by atoms with Crippen LogP contribution in [0.15, 0.2) is 0 Å². The molecule has 2 N–H and O–H groups in total. The van der Waals surface area contributed by atoms with E-state index in [1.54, 1.807) is 6.92 Å². The van der Waals surface area contributed by atoms with Crippen molar-refractivity contribution >= 4 is 17.8 Å². The van der Waals surface area contributed by atoms with Crippen LogP contribution in [-0.4, -0.2) is 41.9 Å². The largest absolute Gasteiger partial charge is 0.358 e. The molecule has 1 rings (SSSR count). The molecule has 0 radical (unpaired) electrons. The first-order valence-corrected chi connectivity index (χ1v) is 7.29. The third-order valence-corrected chi connectivity index (χ3v) is 3.71. The molecular weight excluding hydrogens is 258 g/mol. The third kappa shape index (κ3) is 3.95. The van der Waals surface area contributed by atoms with Crippen LogP contribution in [0.2, 0.25) is 0 Å². The van der Waals surface area contributed by atoms with Gasteiger partial charge in [0.15, 0.2) is 0 Å². The summed E-state index contributed by atoms with van der Waals surface area (Å²) in [5, 5.41) is 5.12. The number of hydrogen-bond acceptors (Lipinski definition) is 3. The summed E-state index contributed by atoms with van der Waals surface area (Å²) in [5.74, 6) is -0.651. The van der Waals surface area contributed by atoms with Crippen LogP contribution in [0.4, 0.5) is 4.79 Å². The lowest BCUT2D eigenvalue weighted by atomic mass is 9.94. The van der Waals surface area contributed by atoms with Crippen molar-refractivity contribution in [1.29, 1.82) is 0 Å². The molecule has 0 spiro atoms. The van der Waals surface area contributed by atoms with Gasteiger partial charge in [0.1, 0.15) is 12.1 Å². The Hall–Kier alpha value is -1.59. The molecule has 6 heteroatoms. The molecule has 1 aliphatic heterocycles. The van der Waals surface area contributed by atoms with Gasteiger partial charge in [0.2, 0.25) is 5.91 Å². The summed E-state index contributed by atoms with van der Waals surface area (Å²) in [6.45, 7) is 3.67. The maximum atomic E-state index is 12.3. The van der Waals surface area contributed by atoms with E-state index in [4.69, 9.17) is 0 Å². The van der Waals surface area contributed by atoms with Crippen LogP contribution in [-0.2, 0) is 9.59 Å². The molecule has 0 aliphatic carbocycles. The summed E-state index contributed by atoms with van der Waals surface area (Å²) in [7, 11) is 1.48. The van der Waals surface area contributed by atoms with Gasteiger partial charge in [-0.05, 0) is 13.3 Å². The molecule has 0 aromatic heterocycles. The maximum Gasteiger partial charge on any atom is 0.325 e. The van der Waals surface area contributed by atoms with Crippen molar-refractivity contribution in [2.75, 3.05) is 13.6 Å². The second kappa shape index (κ2) is 7.26. The zero-order valence-corrected chi connectivity index (χ0v) is 12.6. The first kappa shape index (κ1) is 16.5. The SMILES string of the molecule is CCCCCCCC1(C)NC(=O)N(CC(=O)NC)C1=O. The van der Waals surface area contributed by atoms with E-state index in [0.717, 1.165) is 24.2 Å². The molecule has 114 valence electrons. The first-order valence-electron chi connectivity index (χ1n) is 7.29. The van der Waals surface area contributed by atoms with Crippen LogP contribution >= 0.6 is 0 Å². The highest BCUT2D eigenvalue weighted by molar-refractivity contribution is 6.08. The average molecular weight is 283 g/mol. The lowest BCUT2D eigenvalue weighted by molar-refractivity contribution is -0.134. The van der Waals surface area contributed by atoms with Crippen LogP contribution in [0.1, 0.15) is 52.4 Å². The molecule has 1 saturated heterocycles. The predicted octanol–water partition coefficient (Wildman–Crippen LogP) is 1.40. The number of rotatable bonds is 8. The summed E-state index contributed by atoms with van der Waals surface area (Å²) in [6.07, 6.45) is 6.09. The highest BCUT2D eigenvalue weighted by atomic mass is 16.2. The predicted molar refractivity (Wildman–Crippen MR) is 76.1 cm³/mol. The normalized spacial score (nSPS) is 22.1. The van der Waals surface area contributed by atoms with Gasteiger partial charge < -0.3 is 10.6 Å². The summed E-state index contributed by atoms with van der Waals surface area (Å²) < 4.78 is 0. The molecule has 0 aromatic carbocycles. The average Bonchev–Trinajstić information content (AvgIpc) is 2.62. The second-order valence-electron chi connectivity index (χ2n) is 5.49. The minimum absolute atomic E-state index is 0.216. The molecule has 0 saturated carbocycles. The Kier molecular flexibility index (Phi) is 5.98. The van der Waals surface area contributed by atoms with Gasteiger partial charge in [0.25, 0.3) is 5.91 Å². The smallest absolute Gasteiger partial charge is 0.325 e. The van der Waals surface area contributed by atoms with Crippen LogP contribution in [0.25, 0.3) is 0 Å². The van der Waals surface area contributed by atoms with Crippen molar-refractivity contribution in [1.82, 2.24) is 15.5 Å². The van der Waals surface area contributed by atoms with E-state index < -0.39 is 11.6 Å². The summed E-state index contributed by atoms with van der Waals surface area (Å²) in [4.78, 5) is 36.4. The number of amides is 4. The van der Waals surface area contributed by atoms with E-state index in [1.807, 2.05) is 0 Å². The van der Waals surface area contributed by atoms with Crippen LogP contribution in [0.3, 0.4) is 0 Å². The van der Waals surface area contributed by atoms with Crippen molar-refractivity contribution in [3.05, 3.63) is 0 Å². The zero-order chi connectivity index (χ0) is 15.2. The minimum Gasteiger partial charge on any atom is -0.358 e. The van der Waals surface area contributed by atoms with Gasteiger partial charge >= 0.3 is 6.03 Å². The molecule has 1 unspecified atom stereocenters. The lowest BCUT2D eigenvalue weighted by Gasteiger charge is -2.21. The highest BCUT2D eigenvalue weighted by Gasteiger charge is 2.47. The third-order valence-electron chi connectivity index (χ3n) is 3.71. The number of nitrogens with zero attached hydrogens (tertiary/aromatic N) is 1. The lowest BCUT2D eigenvalue weighted by Crippen LogP contribution is -2.44. The molecule has 1 atom stereocenters. The monoisotopic (exact) mass is 283 g/mol. The number of hydrogen-bond donors (Lipinski definition) is 2. The number of carbonyl (C=O) groups is 3. The number of urea groups is 1. The Morgan fingerprint density at radius 1 is 1.25 bits per heavy atom. The molecule has 20 heavy (non-hydrogen) atoms. The molecule has 6 nitrogen and oxygen atoms in total. The molecule has 4 amide bonds. The summed E-state index contributed by atoms with van der Waals surface area (Å²) >= 11 is 0. The van der Waals surface area contributed by atoms with Gasteiger partial charge in [-0.3, -0.25) is 14.5 Å². The van der Waals surface area contributed by atoms with Crippen LogP contribution in [0, 0.1) is 0 Å². The van der Waals surface area contributed by atoms with Crippen molar-refractivity contribution in [3.8, 4) is 0 Å². The number of carbonyl (C=O) groups excluding carboxylic acids is 3. The molecule has 1 heterocycles. The molecular formula is C14H25N3O3. The van der Waals surface area contributed by atoms with E-state index in [9.17, 15) is 14.4 Å². The quantitative estimate of drug-likeness (QED) is 0.522. The number of imide groups is 1. The standard InChI is InChI=1S/C14H25N3O3/c1-4-5-6-7-8-9-14(2)12(19)17(13(20)16-14)10-11(18)15-3/h4-10H2,1-3H3,(H,15,18)(H,16,20). The van der Waals surface area contributed by atoms with Gasteiger partial charge in [0.05, 0.1) is 0 Å².